The molecule has 0 bridgehead atoms. The summed E-state index contributed by atoms with van der Waals surface area (Å²) in [6, 6.07) is 17.6. The molecule has 0 radical (unpaired) electrons. The van der Waals surface area contributed by atoms with E-state index < -0.39 is 0 Å². The summed E-state index contributed by atoms with van der Waals surface area (Å²) in [5.74, 6) is 0.922. The van der Waals surface area contributed by atoms with Crippen LogP contribution in [-0.2, 0) is 10.5 Å². The molecule has 0 unspecified atom stereocenters. The van der Waals surface area contributed by atoms with Gasteiger partial charge in [-0.05, 0) is 36.8 Å². The first-order valence-electron chi connectivity index (χ1n) is 8.49. The Morgan fingerprint density at radius 1 is 1.25 bits per heavy atom. The number of carbonyl (C=O) groups is 1. The molecule has 0 aliphatic heterocycles. The monoisotopic (exact) mass is 476 g/mol. The molecule has 1 aromatic heterocycles. The fraction of sp³-hybridized carbons (Fsp3) is 0.150. The Bertz CT molecular complexity index is 974. The standard InChI is InChI=1S/C20H18BrClN4OS/c1-14-18(20(22)26(25-14)17-5-3-2-4-6-17)11-23-24-19(27)13-28-12-15-7-9-16(21)10-8-15/h2-11H,12-13H2,1H3,(H,24,27)/b23-11-. The summed E-state index contributed by atoms with van der Waals surface area (Å²) in [6.07, 6.45) is 1.53. The lowest BCUT2D eigenvalue weighted by Crippen LogP contribution is -2.19. The largest absolute Gasteiger partial charge is 0.272 e. The number of para-hydroxylation sites is 1. The highest BCUT2D eigenvalue weighted by molar-refractivity contribution is 9.10. The van der Waals surface area contributed by atoms with Crippen LogP contribution in [0.3, 0.4) is 0 Å². The molecule has 8 heteroatoms. The van der Waals surface area contributed by atoms with Gasteiger partial charge in [-0.15, -0.1) is 11.8 Å². The number of benzene rings is 2. The molecule has 28 heavy (non-hydrogen) atoms. The van der Waals surface area contributed by atoms with Crippen molar-refractivity contribution in [2.75, 3.05) is 5.75 Å². The maximum absolute atomic E-state index is 12.0. The van der Waals surface area contributed by atoms with Gasteiger partial charge in [0.15, 0.2) is 0 Å². The van der Waals surface area contributed by atoms with E-state index in [0.717, 1.165) is 21.6 Å². The Morgan fingerprint density at radius 3 is 2.68 bits per heavy atom. The van der Waals surface area contributed by atoms with Crippen molar-refractivity contribution in [1.82, 2.24) is 15.2 Å². The average Bonchev–Trinajstić information content (AvgIpc) is 2.98. The van der Waals surface area contributed by atoms with Crippen molar-refractivity contribution in [3.05, 3.63) is 81.0 Å². The number of aryl methyl sites for hydroxylation is 1. The van der Waals surface area contributed by atoms with E-state index in [-0.39, 0.29) is 5.91 Å². The lowest BCUT2D eigenvalue weighted by Gasteiger charge is -2.02. The molecule has 1 amide bonds. The van der Waals surface area contributed by atoms with Gasteiger partial charge in [0.2, 0.25) is 5.91 Å². The van der Waals surface area contributed by atoms with E-state index in [1.165, 1.54) is 23.5 Å². The Morgan fingerprint density at radius 2 is 1.96 bits per heavy atom. The molecule has 3 rings (SSSR count). The van der Waals surface area contributed by atoms with Crippen LogP contribution >= 0.6 is 39.3 Å². The predicted molar refractivity (Wildman–Crippen MR) is 119 cm³/mol. The van der Waals surface area contributed by atoms with E-state index in [4.69, 9.17) is 11.6 Å². The topological polar surface area (TPSA) is 59.3 Å². The number of hydrogen-bond acceptors (Lipinski definition) is 4. The van der Waals surface area contributed by atoms with E-state index >= 15 is 0 Å². The number of rotatable bonds is 7. The van der Waals surface area contributed by atoms with Crippen LogP contribution in [0.15, 0.2) is 64.2 Å². The van der Waals surface area contributed by atoms with Gasteiger partial charge in [0, 0.05) is 10.2 Å². The zero-order chi connectivity index (χ0) is 19.9. The highest BCUT2D eigenvalue weighted by atomic mass is 79.9. The molecule has 0 fully saturated rings. The van der Waals surface area contributed by atoms with Gasteiger partial charge in [-0.1, -0.05) is 57.9 Å². The fourth-order valence-electron chi connectivity index (χ4n) is 2.44. The Hall–Kier alpha value is -2.09. The Kier molecular flexibility index (Phi) is 7.30. The fourth-order valence-corrected chi connectivity index (χ4v) is 3.81. The van der Waals surface area contributed by atoms with Crippen molar-refractivity contribution in [2.24, 2.45) is 5.10 Å². The summed E-state index contributed by atoms with van der Waals surface area (Å²) in [6.45, 7) is 1.85. The predicted octanol–water partition coefficient (Wildman–Crippen LogP) is 4.98. The molecule has 0 saturated heterocycles. The number of nitrogens with zero attached hydrogens (tertiary/aromatic N) is 3. The maximum Gasteiger partial charge on any atom is 0.250 e. The van der Waals surface area contributed by atoms with Gasteiger partial charge in [0.05, 0.1) is 28.9 Å². The number of hydrogen-bond donors (Lipinski definition) is 1. The molecule has 1 N–H and O–H groups in total. The van der Waals surface area contributed by atoms with Crippen molar-refractivity contribution in [1.29, 1.82) is 0 Å². The third-order valence-corrected chi connectivity index (χ3v) is 5.74. The molecule has 0 saturated carbocycles. The highest BCUT2D eigenvalue weighted by Crippen LogP contribution is 2.22. The summed E-state index contributed by atoms with van der Waals surface area (Å²) in [4.78, 5) is 12.0. The van der Waals surface area contributed by atoms with Gasteiger partial charge in [0.25, 0.3) is 0 Å². The average molecular weight is 478 g/mol. The number of amides is 1. The minimum Gasteiger partial charge on any atom is -0.272 e. The van der Waals surface area contributed by atoms with E-state index in [0.29, 0.717) is 16.5 Å². The second kappa shape index (κ2) is 9.91. The summed E-state index contributed by atoms with van der Waals surface area (Å²) in [5, 5.41) is 8.92. The van der Waals surface area contributed by atoms with Crippen molar-refractivity contribution in [3.63, 3.8) is 0 Å². The first-order valence-corrected chi connectivity index (χ1v) is 10.8. The number of thioether (sulfide) groups is 1. The normalized spacial score (nSPS) is 11.1. The van der Waals surface area contributed by atoms with Gasteiger partial charge in [-0.3, -0.25) is 4.79 Å². The third kappa shape index (κ3) is 5.47. The first kappa shape index (κ1) is 20.6. The zero-order valence-corrected chi connectivity index (χ0v) is 18.3. The minimum atomic E-state index is -0.164. The molecule has 0 atom stereocenters. The van der Waals surface area contributed by atoms with Crippen molar-refractivity contribution < 1.29 is 4.79 Å². The van der Waals surface area contributed by atoms with E-state index in [9.17, 15) is 4.79 Å². The third-order valence-electron chi connectivity index (χ3n) is 3.85. The number of aromatic nitrogens is 2. The van der Waals surface area contributed by atoms with Gasteiger partial charge >= 0.3 is 0 Å². The SMILES string of the molecule is Cc1nn(-c2ccccc2)c(Cl)c1/C=N\NC(=O)CSCc1ccc(Br)cc1. The maximum atomic E-state index is 12.0. The van der Waals surface area contributed by atoms with E-state index in [1.807, 2.05) is 61.5 Å². The summed E-state index contributed by atoms with van der Waals surface area (Å²) in [7, 11) is 0. The summed E-state index contributed by atoms with van der Waals surface area (Å²) in [5.41, 5.74) is 5.98. The van der Waals surface area contributed by atoms with Crippen LogP contribution in [-0.4, -0.2) is 27.7 Å². The second-order valence-corrected chi connectivity index (χ2v) is 8.21. The Labute approximate surface area is 181 Å². The molecule has 1 heterocycles. The smallest absolute Gasteiger partial charge is 0.250 e. The van der Waals surface area contributed by atoms with Crippen LogP contribution in [0, 0.1) is 6.92 Å². The van der Waals surface area contributed by atoms with E-state index in [2.05, 4.69) is 31.6 Å². The zero-order valence-electron chi connectivity index (χ0n) is 15.1. The van der Waals surface area contributed by atoms with Crippen LogP contribution < -0.4 is 5.43 Å². The first-order chi connectivity index (χ1) is 13.5. The number of halogens is 2. The van der Waals surface area contributed by atoms with Crippen LogP contribution in [0.5, 0.6) is 0 Å². The molecule has 144 valence electrons. The highest BCUT2D eigenvalue weighted by Gasteiger charge is 2.13. The molecular weight excluding hydrogens is 460 g/mol. The molecule has 0 aliphatic carbocycles. The lowest BCUT2D eigenvalue weighted by molar-refractivity contribution is -0.118. The van der Waals surface area contributed by atoms with Crippen molar-refractivity contribution in [3.8, 4) is 5.69 Å². The molecule has 0 aliphatic rings. The van der Waals surface area contributed by atoms with Gasteiger partial charge < -0.3 is 0 Å². The molecule has 3 aromatic rings. The summed E-state index contributed by atoms with van der Waals surface area (Å²) < 4.78 is 2.69. The number of nitrogens with one attached hydrogen (secondary N) is 1. The quantitative estimate of drug-likeness (QED) is 0.386. The van der Waals surface area contributed by atoms with Gasteiger partial charge in [-0.2, -0.15) is 10.2 Å². The molecule has 0 spiro atoms. The van der Waals surface area contributed by atoms with Crippen LogP contribution in [0.1, 0.15) is 16.8 Å². The van der Waals surface area contributed by atoms with Crippen molar-refractivity contribution in [2.45, 2.75) is 12.7 Å². The summed E-state index contributed by atoms with van der Waals surface area (Å²) >= 11 is 11.4. The number of hydrazone groups is 1. The van der Waals surface area contributed by atoms with Gasteiger partial charge in [-0.25, -0.2) is 10.1 Å². The van der Waals surface area contributed by atoms with Crippen molar-refractivity contribution >= 4 is 51.4 Å². The second-order valence-electron chi connectivity index (χ2n) is 5.95. The molecular formula is C20H18BrClN4OS. The molecule has 2 aromatic carbocycles. The van der Waals surface area contributed by atoms with Crippen LogP contribution in [0.2, 0.25) is 5.15 Å². The van der Waals surface area contributed by atoms with Crippen LogP contribution in [0.4, 0.5) is 0 Å². The van der Waals surface area contributed by atoms with E-state index in [1.54, 1.807) is 4.68 Å². The lowest BCUT2D eigenvalue weighted by atomic mass is 10.2. The minimum absolute atomic E-state index is 0.164. The number of carbonyl (C=O) groups excluding carboxylic acids is 1. The van der Waals surface area contributed by atoms with Gasteiger partial charge in [0.1, 0.15) is 5.15 Å². The Balaban J connectivity index is 1.53. The van der Waals surface area contributed by atoms with Crippen LogP contribution in [0.25, 0.3) is 5.69 Å². The molecule has 5 nitrogen and oxygen atoms in total.